The lowest BCUT2D eigenvalue weighted by molar-refractivity contribution is 0.441. The van der Waals surface area contributed by atoms with Gasteiger partial charge in [-0.25, -0.2) is 0 Å². The molecule has 0 saturated heterocycles. The summed E-state index contributed by atoms with van der Waals surface area (Å²) >= 11 is 3.16. The quantitative estimate of drug-likeness (QED) is 0.407. The van der Waals surface area contributed by atoms with Crippen LogP contribution in [0, 0.1) is 0 Å². The van der Waals surface area contributed by atoms with Gasteiger partial charge in [0.1, 0.15) is 4.90 Å². The predicted molar refractivity (Wildman–Crippen MR) is 123 cm³/mol. The largest absolute Gasteiger partial charge is 0.295 e. The minimum atomic E-state index is -4.27. The third-order valence-corrected chi connectivity index (χ3v) is 10.5. The second-order valence-electron chi connectivity index (χ2n) is 8.90. The van der Waals surface area contributed by atoms with Crippen molar-refractivity contribution in [2.75, 3.05) is 0 Å². The van der Waals surface area contributed by atoms with Crippen LogP contribution in [-0.4, -0.2) is 13.0 Å². The van der Waals surface area contributed by atoms with Gasteiger partial charge in [-0.1, -0.05) is 68.1 Å². The summed E-state index contributed by atoms with van der Waals surface area (Å²) < 4.78 is 34.5. The van der Waals surface area contributed by atoms with Crippen LogP contribution in [0.4, 0.5) is 0 Å². The zero-order chi connectivity index (χ0) is 20.7. The summed E-state index contributed by atoms with van der Waals surface area (Å²) in [6.45, 7) is 0. The molecule has 3 nitrogen and oxygen atoms in total. The number of fused-ring (bicyclic) bond motifs is 2. The molecule has 1 heterocycles. The number of hydrogen-bond donors (Lipinski definition) is 1. The van der Waals surface area contributed by atoms with Crippen LogP contribution in [0.1, 0.15) is 87.2 Å². The minimum Gasteiger partial charge on any atom is -0.282 e. The first-order valence-corrected chi connectivity index (χ1v) is 14.2. The topological polar surface area (TPSA) is 54.4 Å². The molecular formula is C24H28O3S3. The highest BCUT2D eigenvalue weighted by atomic mass is 32.2. The Balaban J connectivity index is 1.53. The van der Waals surface area contributed by atoms with Gasteiger partial charge in [-0.2, -0.15) is 8.42 Å². The van der Waals surface area contributed by atoms with Gasteiger partial charge in [0.25, 0.3) is 10.1 Å². The summed E-state index contributed by atoms with van der Waals surface area (Å²) in [6.07, 6.45) is 12.4. The van der Waals surface area contributed by atoms with Crippen molar-refractivity contribution in [3.63, 3.8) is 0 Å². The molecule has 0 radical (unpaired) electrons. The fourth-order valence-corrected chi connectivity index (χ4v) is 8.71. The van der Waals surface area contributed by atoms with E-state index in [1.54, 1.807) is 17.8 Å². The van der Waals surface area contributed by atoms with Gasteiger partial charge in [-0.15, -0.1) is 0 Å². The molecule has 2 aliphatic carbocycles. The summed E-state index contributed by atoms with van der Waals surface area (Å²) in [5, 5.41) is 0. The Morgan fingerprint density at radius 3 is 1.93 bits per heavy atom. The molecule has 0 amide bonds. The lowest BCUT2D eigenvalue weighted by Crippen LogP contribution is -2.09. The Kier molecular flexibility index (Phi) is 5.95. The average molecular weight is 461 g/mol. The first-order chi connectivity index (χ1) is 14.5. The maximum absolute atomic E-state index is 12.2. The molecule has 5 rings (SSSR count). The Labute approximate surface area is 188 Å². The molecule has 2 saturated carbocycles. The van der Waals surface area contributed by atoms with Crippen LogP contribution >= 0.6 is 23.5 Å². The van der Waals surface area contributed by atoms with Gasteiger partial charge in [0, 0.05) is 19.6 Å². The molecule has 2 aromatic rings. The second kappa shape index (κ2) is 8.53. The highest BCUT2D eigenvalue weighted by molar-refractivity contribution is 8.05. The van der Waals surface area contributed by atoms with Crippen molar-refractivity contribution < 1.29 is 13.0 Å². The molecule has 1 N–H and O–H groups in total. The van der Waals surface area contributed by atoms with Gasteiger partial charge in [0.15, 0.2) is 0 Å². The summed E-state index contributed by atoms with van der Waals surface area (Å²) in [4.78, 5) is 4.05. The summed E-state index contributed by atoms with van der Waals surface area (Å²) in [7, 11) is -4.27. The van der Waals surface area contributed by atoms with Crippen LogP contribution in [-0.2, 0) is 10.1 Å². The van der Waals surface area contributed by atoms with Gasteiger partial charge >= 0.3 is 0 Å². The van der Waals surface area contributed by atoms with Gasteiger partial charge in [-0.05, 0) is 72.9 Å². The van der Waals surface area contributed by atoms with E-state index in [1.165, 1.54) is 73.6 Å². The number of rotatable bonds is 3. The Morgan fingerprint density at radius 2 is 1.30 bits per heavy atom. The molecule has 0 spiro atoms. The maximum atomic E-state index is 12.2. The Hall–Kier alpha value is -0.950. The van der Waals surface area contributed by atoms with Gasteiger partial charge < -0.3 is 0 Å². The van der Waals surface area contributed by atoms with Gasteiger partial charge in [-0.3, -0.25) is 4.55 Å². The molecule has 3 aliphatic rings. The van der Waals surface area contributed by atoms with Crippen LogP contribution in [0.2, 0.25) is 0 Å². The Morgan fingerprint density at radius 1 is 0.700 bits per heavy atom. The molecule has 0 atom stereocenters. The van der Waals surface area contributed by atoms with Crippen molar-refractivity contribution in [3.8, 4) is 0 Å². The van der Waals surface area contributed by atoms with E-state index in [2.05, 4.69) is 24.3 Å². The number of hydrogen-bond acceptors (Lipinski definition) is 4. The van der Waals surface area contributed by atoms with E-state index in [0.29, 0.717) is 16.7 Å². The van der Waals surface area contributed by atoms with E-state index in [0.717, 1.165) is 28.2 Å². The Bertz CT molecular complexity index is 1050. The van der Waals surface area contributed by atoms with Crippen molar-refractivity contribution in [1.29, 1.82) is 0 Å². The van der Waals surface area contributed by atoms with Crippen LogP contribution < -0.4 is 0 Å². The molecule has 0 unspecified atom stereocenters. The average Bonchev–Trinajstić information content (AvgIpc) is 2.77. The molecular weight excluding hydrogens is 432 g/mol. The van der Waals surface area contributed by atoms with Crippen LogP contribution in [0.15, 0.2) is 54.8 Å². The summed E-state index contributed by atoms with van der Waals surface area (Å²) in [6, 6.07) is 10.6. The van der Waals surface area contributed by atoms with Crippen LogP contribution in [0.5, 0.6) is 0 Å². The molecule has 30 heavy (non-hydrogen) atoms. The van der Waals surface area contributed by atoms with E-state index < -0.39 is 10.1 Å². The molecule has 0 aromatic heterocycles. The smallest absolute Gasteiger partial charge is 0.282 e. The normalized spacial score (nSPS) is 20.6. The third kappa shape index (κ3) is 4.21. The van der Waals surface area contributed by atoms with E-state index in [-0.39, 0.29) is 4.90 Å². The second-order valence-corrected chi connectivity index (χ2v) is 12.4. The van der Waals surface area contributed by atoms with E-state index in [4.69, 9.17) is 0 Å². The van der Waals surface area contributed by atoms with E-state index in [9.17, 15) is 13.0 Å². The SMILES string of the molecule is O=S(=O)(O)c1cc(C2CCCCC2)cc2c1Sc1ccc(C3CCCCC3)cc1S2. The summed E-state index contributed by atoms with van der Waals surface area (Å²) in [5.74, 6) is 1.04. The zero-order valence-electron chi connectivity index (χ0n) is 17.1. The molecule has 2 aromatic carbocycles. The van der Waals surface area contributed by atoms with Crippen molar-refractivity contribution in [2.45, 2.75) is 101 Å². The van der Waals surface area contributed by atoms with Crippen molar-refractivity contribution in [1.82, 2.24) is 0 Å². The van der Waals surface area contributed by atoms with Crippen molar-refractivity contribution >= 4 is 33.6 Å². The van der Waals surface area contributed by atoms with E-state index >= 15 is 0 Å². The fourth-order valence-electron chi connectivity index (χ4n) is 5.24. The summed E-state index contributed by atoms with van der Waals surface area (Å²) in [5.41, 5.74) is 2.49. The zero-order valence-corrected chi connectivity index (χ0v) is 19.6. The lowest BCUT2D eigenvalue weighted by atomic mass is 9.84. The monoisotopic (exact) mass is 460 g/mol. The molecule has 160 valence electrons. The number of benzene rings is 2. The molecule has 6 heteroatoms. The fraction of sp³-hybridized carbons (Fsp3) is 0.500. The predicted octanol–water partition coefficient (Wildman–Crippen LogP) is 7.64. The van der Waals surface area contributed by atoms with Gasteiger partial charge in [0.05, 0.1) is 0 Å². The first-order valence-electron chi connectivity index (χ1n) is 11.1. The minimum absolute atomic E-state index is 0.0834. The highest BCUT2D eigenvalue weighted by Crippen LogP contribution is 2.53. The standard InChI is InChI=1S/C24H28O3S3/c25-30(26,27)23-15-19(17-9-5-2-6-10-17)14-22-24(23)29-20-12-11-18(13-21(20)28-22)16-7-3-1-4-8-16/h11-17H,1-10H2,(H,25,26,27). The molecule has 2 fully saturated rings. The maximum Gasteiger partial charge on any atom is 0.295 e. The third-order valence-electron chi connectivity index (χ3n) is 6.87. The van der Waals surface area contributed by atoms with Gasteiger partial charge in [0.2, 0.25) is 0 Å². The highest BCUT2D eigenvalue weighted by Gasteiger charge is 2.29. The van der Waals surface area contributed by atoms with Crippen LogP contribution in [0.3, 0.4) is 0 Å². The van der Waals surface area contributed by atoms with E-state index in [1.807, 2.05) is 0 Å². The van der Waals surface area contributed by atoms with Crippen molar-refractivity contribution in [3.05, 3.63) is 41.5 Å². The molecule has 0 bridgehead atoms. The lowest BCUT2D eigenvalue weighted by Gasteiger charge is -2.27. The van der Waals surface area contributed by atoms with Crippen molar-refractivity contribution in [2.24, 2.45) is 0 Å². The molecule has 1 aliphatic heterocycles. The van der Waals surface area contributed by atoms with Crippen LogP contribution in [0.25, 0.3) is 0 Å². The first kappa shape index (κ1) is 20.9.